The van der Waals surface area contributed by atoms with E-state index >= 15 is 0 Å². The van der Waals surface area contributed by atoms with Crippen LogP contribution in [0.5, 0.6) is 17.2 Å². The van der Waals surface area contributed by atoms with Crippen LogP contribution in [0.25, 0.3) is 6.08 Å². The lowest BCUT2D eigenvalue weighted by atomic mass is 10.1. The smallest absolute Gasteiger partial charge is 0.267 e. The molecule has 1 amide bonds. The van der Waals surface area contributed by atoms with Crippen LogP contribution >= 0.6 is 23.4 Å². The number of amides is 1. The Labute approximate surface area is 249 Å². The van der Waals surface area contributed by atoms with E-state index in [0.717, 1.165) is 28.1 Å². The molecule has 1 aliphatic rings. The van der Waals surface area contributed by atoms with Gasteiger partial charge in [-0.2, -0.15) is 0 Å². The fourth-order valence-corrected chi connectivity index (χ4v) is 5.48. The number of hydrogen-bond acceptors (Lipinski definition) is 6. The Bertz CT molecular complexity index is 1590. The monoisotopic (exact) mass is 584 g/mol. The van der Waals surface area contributed by atoms with Crippen LogP contribution in [0.2, 0.25) is 5.02 Å². The number of aryl methyl sites for hydroxylation is 1. The van der Waals surface area contributed by atoms with Crippen molar-refractivity contribution < 1.29 is 19.0 Å². The predicted octanol–water partition coefficient (Wildman–Crippen LogP) is 8.05. The van der Waals surface area contributed by atoms with Gasteiger partial charge in [0.2, 0.25) is 0 Å². The molecule has 41 heavy (non-hydrogen) atoms. The Morgan fingerprint density at radius 2 is 1.61 bits per heavy atom. The van der Waals surface area contributed by atoms with E-state index in [9.17, 15) is 4.79 Å². The van der Waals surface area contributed by atoms with Crippen LogP contribution in [0, 0.1) is 6.92 Å². The average molecular weight is 585 g/mol. The molecule has 0 saturated carbocycles. The van der Waals surface area contributed by atoms with E-state index in [1.165, 1.54) is 17.3 Å². The van der Waals surface area contributed by atoms with Gasteiger partial charge in [0.25, 0.3) is 5.91 Å². The third-order valence-electron chi connectivity index (χ3n) is 6.42. The number of aliphatic imine (C=N–C) groups is 1. The van der Waals surface area contributed by atoms with E-state index in [1.54, 1.807) is 31.3 Å². The Morgan fingerprint density at radius 1 is 0.902 bits per heavy atom. The molecule has 5 rings (SSSR count). The summed E-state index contributed by atoms with van der Waals surface area (Å²) >= 11 is 7.98. The maximum absolute atomic E-state index is 13.7. The first-order chi connectivity index (χ1) is 19.9. The molecule has 0 aromatic heterocycles. The summed E-state index contributed by atoms with van der Waals surface area (Å²) < 4.78 is 16.9. The zero-order valence-electron chi connectivity index (χ0n) is 23.0. The van der Waals surface area contributed by atoms with E-state index in [2.05, 4.69) is 0 Å². The highest BCUT2D eigenvalue weighted by Gasteiger charge is 2.33. The number of rotatable bonds is 9. The molecule has 0 aliphatic carbocycles. The van der Waals surface area contributed by atoms with Gasteiger partial charge in [-0.15, -0.1) is 0 Å². The van der Waals surface area contributed by atoms with Crippen LogP contribution in [0.3, 0.4) is 0 Å². The van der Waals surface area contributed by atoms with Gasteiger partial charge in [-0.1, -0.05) is 71.8 Å². The highest BCUT2D eigenvalue weighted by Crippen LogP contribution is 2.40. The highest BCUT2D eigenvalue weighted by molar-refractivity contribution is 8.18. The summed E-state index contributed by atoms with van der Waals surface area (Å²) in [4.78, 5) is 20.7. The summed E-state index contributed by atoms with van der Waals surface area (Å²) in [5.74, 6) is 1.55. The standard InChI is InChI=1S/C33H29ClN2O4S/c1-22-9-11-24(12-10-22)21-40-31-28(34)17-25(18-29(31)39-3)19-30-32(37)36(20-23-13-15-27(38-2)16-14-23)33(41-30)35-26-7-5-4-6-8-26/h4-19H,20-21H2,1-3H3/b30-19-,35-33?. The number of methoxy groups -OCH3 is 2. The number of thioether (sulfide) groups is 1. The third kappa shape index (κ3) is 6.93. The van der Waals surface area contributed by atoms with E-state index in [0.29, 0.717) is 39.7 Å². The van der Waals surface area contributed by atoms with Crippen molar-refractivity contribution in [2.75, 3.05) is 14.2 Å². The average Bonchev–Trinajstić information content (AvgIpc) is 3.26. The number of hydrogen-bond donors (Lipinski definition) is 0. The Morgan fingerprint density at radius 3 is 2.29 bits per heavy atom. The molecule has 208 valence electrons. The van der Waals surface area contributed by atoms with Gasteiger partial charge in [0.15, 0.2) is 16.7 Å². The lowest BCUT2D eigenvalue weighted by Crippen LogP contribution is -2.28. The van der Waals surface area contributed by atoms with Gasteiger partial charge in [-0.05, 0) is 77.9 Å². The number of ether oxygens (including phenoxy) is 3. The lowest BCUT2D eigenvalue weighted by Gasteiger charge is -2.16. The molecule has 4 aromatic carbocycles. The zero-order chi connectivity index (χ0) is 28.8. The highest BCUT2D eigenvalue weighted by atomic mass is 35.5. The van der Waals surface area contributed by atoms with E-state index in [1.807, 2.05) is 91.9 Å². The van der Waals surface area contributed by atoms with Crippen LogP contribution in [0.15, 0.2) is 101 Å². The minimum absolute atomic E-state index is 0.143. The molecule has 0 spiro atoms. The molecule has 4 aromatic rings. The van der Waals surface area contributed by atoms with Gasteiger partial charge in [0.1, 0.15) is 12.4 Å². The first kappa shape index (κ1) is 28.3. The second-order valence-corrected chi connectivity index (χ2v) is 10.8. The minimum Gasteiger partial charge on any atom is -0.497 e. The zero-order valence-corrected chi connectivity index (χ0v) is 24.5. The number of nitrogens with zero attached hydrogens (tertiary/aromatic N) is 2. The SMILES string of the molecule is COc1ccc(CN2C(=O)/C(=C/c3cc(Cl)c(OCc4ccc(C)cc4)c(OC)c3)SC2=Nc2ccccc2)cc1. The summed E-state index contributed by atoms with van der Waals surface area (Å²) in [6.45, 7) is 2.76. The number of carbonyl (C=O) groups is 1. The van der Waals surface area contributed by atoms with Crippen LogP contribution in [0.1, 0.15) is 22.3 Å². The van der Waals surface area contributed by atoms with E-state index in [-0.39, 0.29) is 5.91 Å². The van der Waals surface area contributed by atoms with E-state index in [4.69, 9.17) is 30.8 Å². The van der Waals surface area contributed by atoms with Gasteiger partial charge in [-0.25, -0.2) is 4.99 Å². The lowest BCUT2D eigenvalue weighted by molar-refractivity contribution is -0.122. The van der Waals surface area contributed by atoms with Crippen LogP contribution in [-0.2, 0) is 17.9 Å². The Kier molecular flexibility index (Phi) is 8.97. The van der Waals surface area contributed by atoms with E-state index < -0.39 is 0 Å². The van der Waals surface area contributed by atoms with Crippen LogP contribution < -0.4 is 14.2 Å². The maximum Gasteiger partial charge on any atom is 0.267 e. The quantitative estimate of drug-likeness (QED) is 0.186. The van der Waals surface area contributed by atoms with Crippen molar-refractivity contribution in [2.45, 2.75) is 20.1 Å². The van der Waals surface area contributed by atoms with Crippen molar-refractivity contribution in [3.8, 4) is 17.2 Å². The van der Waals surface area contributed by atoms with Gasteiger partial charge in [0, 0.05) is 0 Å². The number of para-hydroxylation sites is 1. The fraction of sp³-hybridized carbons (Fsp3) is 0.152. The molecular weight excluding hydrogens is 556 g/mol. The summed E-state index contributed by atoms with van der Waals surface area (Å²) in [5, 5.41) is 0.992. The number of benzene rings is 4. The topological polar surface area (TPSA) is 60.4 Å². The fourth-order valence-electron chi connectivity index (χ4n) is 4.21. The third-order valence-corrected chi connectivity index (χ3v) is 7.71. The molecule has 1 saturated heterocycles. The minimum atomic E-state index is -0.143. The molecule has 0 N–H and O–H groups in total. The maximum atomic E-state index is 13.7. The first-order valence-corrected chi connectivity index (χ1v) is 14.2. The molecule has 0 radical (unpaired) electrons. The first-order valence-electron chi connectivity index (χ1n) is 13.0. The summed E-state index contributed by atoms with van der Waals surface area (Å²) in [5.41, 5.74) is 4.65. The molecule has 8 heteroatoms. The molecule has 0 atom stereocenters. The largest absolute Gasteiger partial charge is 0.497 e. The van der Waals surface area contributed by atoms with Gasteiger partial charge >= 0.3 is 0 Å². The second-order valence-electron chi connectivity index (χ2n) is 9.39. The Balaban J connectivity index is 1.42. The molecule has 6 nitrogen and oxygen atoms in total. The van der Waals surface area contributed by atoms with Gasteiger partial charge in [-0.3, -0.25) is 9.69 Å². The molecular formula is C33H29ClN2O4S. The Hall–Kier alpha value is -4.20. The van der Waals surface area contributed by atoms with Crippen molar-refractivity contribution >= 4 is 46.2 Å². The number of carbonyl (C=O) groups excluding carboxylic acids is 1. The molecule has 0 unspecified atom stereocenters. The normalized spacial score (nSPS) is 15.0. The summed E-state index contributed by atoms with van der Waals surface area (Å²) in [6.07, 6.45) is 1.81. The van der Waals surface area contributed by atoms with Crippen molar-refractivity contribution in [1.29, 1.82) is 0 Å². The number of halogens is 1. The molecule has 0 bridgehead atoms. The molecule has 1 fully saturated rings. The van der Waals surface area contributed by atoms with Crippen molar-refractivity contribution in [3.63, 3.8) is 0 Å². The molecule has 1 heterocycles. The second kappa shape index (κ2) is 13.0. The predicted molar refractivity (Wildman–Crippen MR) is 166 cm³/mol. The summed E-state index contributed by atoms with van der Waals surface area (Å²) in [7, 11) is 3.19. The van der Waals surface area contributed by atoms with Crippen molar-refractivity contribution in [3.05, 3.63) is 123 Å². The van der Waals surface area contributed by atoms with Crippen LogP contribution in [-0.4, -0.2) is 30.2 Å². The number of amidine groups is 1. The van der Waals surface area contributed by atoms with Crippen molar-refractivity contribution in [2.24, 2.45) is 4.99 Å². The van der Waals surface area contributed by atoms with Gasteiger partial charge < -0.3 is 14.2 Å². The molecule has 1 aliphatic heterocycles. The van der Waals surface area contributed by atoms with Gasteiger partial charge in [0.05, 0.1) is 36.4 Å². The van der Waals surface area contributed by atoms with Crippen LogP contribution in [0.4, 0.5) is 5.69 Å². The van der Waals surface area contributed by atoms with Crippen molar-refractivity contribution in [1.82, 2.24) is 4.90 Å². The summed E-state index contributed by atoms with van der Waals surface area (Å²) in [6, 6.07) is 28.9.